The number of phenolic OH excluding ortho intramolecular Hbond substituents is 1. The Morgan fingerprint density at radius 3 is 2.50 bits per heavy atom. The van der Waals surface area contributed by atoms with Gasteiger partial charge in [0.2, 0.25) is 0 Å². The largest absolute Gasteiger partial charge is 0.503 e. The topological polar surface area (TPSA) is 55.5 Å². The third kappa shape index (κ3) is 2.53. The third-order valence-corrected chi connectivity index (χ3v) is 5.82. The minimum atomic E-state index is -0.0207. The highest BCUT2D eigenvalue weighted by Gasteiger charge is 2.27. The molecule has 1 aromatic carbocycles. The molecule has 2 rings (SSSR count). The van der Waals surface area contributed by atoms with Crippen molar-refractivity contribution in [2.45, 2.75) is 31.7 Å². The van der Waals surface area contributed by atoms with Crippen LogP contribution in [0.15, 0.2) is 15.0 Å². The summed E-state index contributed by atoms with van der Waals surface area (Å²) < 4.78 is 6.60. The first kappa shape index (κ1) is 14.2. The summed E-state index contributed by atoms with van der Waals surface area (Å²) in [6.07, 6.45) is 4.86. The molecule has 5 heteroatoms. The van der Waals surface area contributed by atoms with Gasteiger partial charge in [-0.1, -0.05) is 12.8 Å². The van der Waals surface area contributed by atoms with Gasteiger partial charge in [0, 0.05) is 10.5 Å². The molecule has 0 heterocycles. The number of nitrogens with two attached hydrogens (primary N) is 1. The molecule has 1 saturated carbocycles. The number of aromatic hydroxyl groups is 1. The smallest absolute Gasteiger partial charge is 0.173 e. The molecule has 1 atom stereocenters. The summed E-state index contributed by atoms with van der Waals surface area (Å²) in [4.78, 5) is 0. The lowest BCUT2D eigenvalue weighted by atomic mass is 9.92. The van der Waals surface area contributed by atoms with Crippen LogP contribution in [0.4, 0.5) is 0 Å². The molecule has 0 unspecified atom stereocenters. The zero-order chi connectivity index (χ0) is 13.3. The molecule has 1 aliphatic rings. The normalized spacial score (nSPS) is 18.0. The van der Waals surface area contributed by atoms with E-state index in [0.29, 0.717) is 16.1 Å². The second-order valence-corrected chi connectivity index (χ2v) is 6.30. The molecular weight excluding hydrogens is 362 g/mol. The zero-order valence-electron chi connectivity index (χ0n) is 10.2. The van der Waals surface area contributed by atoms with Gasteiger partial charge >= 0.3 is 0 Å². The molecule has 1 aliphatic carbocycles. The number of methoxy groups -OCH3 is 1. The zero-order valence-corrected chi connectivity index (χ0v) is 13.4. The van der Waals surface area contributed by atoms with Crippen molar-refractivity contribution in [1.82, 2.24) is 0 Å². The second kappa shape index (κ2) is 5.80. The van der Waals surface area contributed by atoms with Crippen LogP contribution < -0.4 is 10.5 Å². The van der Waals surface area contributed by atoms with E-state index in [1.54, 1.807) is 7.11 Å². The Kier molecular flexibility index (Phi) is 4.56. The minimum absolute atomic E-state index is 0.0207. The van der Waals surface area contributed by atoms with Gasteiger partial charge in [-0.05, 0) is 62.2 Å². The van der Waals surface area contributed by atoms with E-state index in [9.17, 15) is 5.11 Å². The third-order valence-electron chi connectivity index (χ3n) is 3.66. The van der Waals surface area contributed by atoms with Gasteiger partial charge in [0.1, 0.15) is 0 Å². The average Bonchev–Trinajstić information content (AvgIpc) is 2.89. The predicted molar refractivity (Wildman–Crippen MR) is 78.9 cm³/mol. The highest BCUT2D eigenvalue weighted by Crippen LogP contribution is 2.46. The predicted octanol–water partition coefficient (Wildman–Crippen LogP) is 4.12. The first-order chi connectivity index (χ1) is 8.56. The second-order valence-electron chi connectivity index (χ2n) is 4.71. The van der Waals surface area contributed by atoms with Gasteiger partial charge in [0.25, 0.3) is 0 Å². The lowest BCUT2D eigenvalue weighted by molar-refractivity contribution is 0.368. The Labute approximate surface area is 124 Å². The SMILES string of the molecule is COc1cc([C@@H](N)C2CCCC2)c(Br)c(Br)c1O. The molecule has 0 saturated heterocycles. The van der Waals surface area contributed by atoms with Gasteiger partial charge in [-0.25, -0.2) is 0 Å². The number of ether oxygens (including phenoxy) is 1. The number of halogens is 2. The summed E-state index contributed by atoms with van der Waals surface area (Å²) in [5, 5.41) is 9.91. The van der Waals surface area contributed by atoms with Crippen molar-refractivity contribution in [2.75, 3.05) is 7.11 Å². The van der Waals surface area contributed by atoms with E-state index >= 15 is 0 Å². The molecule has 100 valence electrons. The van der Waals surface area contributed by atoms with Crippen LogP contribution in [0.3, 0.4) is 0 Å². The number of benzene rings is 1. The molecule has 0 radical (unpaired) electrons. The number of hydrogen-bond donors (Lipinski definition) is 2. The van der Waals surface area contributed by atoms with Crippen LogP contribution in [0.1, 0.15) is 37.3 Å². The Morgan fingerprint density at radius 2 is 1.94 bits per heavy atom. The molecule has 18 heavy (non-hydrogen) atoms. The summed E-state index contributed by atoms with van der Waals surface area (Å²) in [5.41, 5.74) is 7.34. The quantitative estimate of drug-likeness (QED) is 0.831. The maximum Gasteiger partial charge on any atom is 0.173 e. The standard InChI is InChI=1S/C13H17Br2NO2/c1-18-9-6-8(10(14)11(15)13(9)17)12(16)7-4-2-3-5-7/h6-7,12,17H,2-5,16H2,1H3/t12-/m0/s1. The molecule has 0 bridgehead atoms. The van der Waals surface area contributed by atoms with Crippen LogP contribution >= 0.6 is 31.9 Å². The molecule has 3 nitrogen and oxygen atoms in total. The maximum atomic E-state index is 9.91. The van der Waals surface area contributed by atoms with Crippen molar-refractivity contribution in [3.8, 4) is 11.5 Å². The fraction of sp³-hybridized carbons (Fsp3) is 0.538. The molecule has 0 aliphatic heterocycles. The Bertz CT molecular complexity index is 445. The summed E-state index contributed by atoms with van der Waals surface area (Å²) in [6.45, 7) is 0. The lowest BCUT2D eigenvalue weighted by Gasteiger charge is -2.22. The van der Waals surface area contributed by atoms with Crippen molar-refractivity contribution in [3.63, 3.8) is 0 Å². The van der Waals surface area contributed by atoms with Crippen LogP contribution in [0.5, 0.6) is 11.5 Å². The summed E-state index contributed by atoms with van der Waals surface area (Å²) in [6, 6.07) is 1.81. The van der Waals surface area contributed by atoms with Gasteiger partial charge in [-0.15, -0.1) is 0 Å². The van der Waals surface area contributed by atoms with Crippen LogP contribution in [0, 0.1) is 5.92 Å². The Hall–Kier alpha value is -0.260. The van der Waals surface area contributed by atoms with Gasteiger partial charge in [0.15, 0.2) is 11.5 Å². The molecule has 0 amide bonds. The van der Waals surface area contributed by atoms with E-state index in [1.807, 2.05) is 6.07 Å². The van der Waals surface area contributed by atoms with E-state index in [2.05, 4.69) is 31.9 Å². The van der Waals surface area contributed by atoms with Crippen LogP contribution in [0.2, 0.25) is 0 Å². The minimum Gasteiger partial charge on any atom is -0.503 e. The van der Waals surface area contributed by atoms with E-state index in [0.717, 1.165) is 10.0 Å². The molecule has 0 spiro atoms. The number of phenols is 1. The van der Waals surface area contributed by atoms with Crippen molar-refractivity contribution in [2.24, 2.45) is 11.7 Å². The lowest BCUT2D eigenvalue weighted by Crippen LogP contribution is -2.19. The monoisotopic (exact) mass is 377 g/mol. The Morgan fingerprint density at radius 1 is 1.33 bits per heavy atom. The van der Waals surface area contributed by atoms with Crippen LogP contribution in [0.25, 0.3) is 0 Å². The number of hydrogen-bond acceptors (Lipinski definition) is 3. The average molecular weight is 379 g/mol. The van der Waals surface area contributed by atoms with Gasteiger partial charge in [-0.3, -0.25) is 0 Å². The molecular formula is C13H17Br2NO2. The molecule has 0 aromatic heterocycles. The number of rotatable bonds is 3. The van der Waals surface area contributed by atoms with E-state index in [-0.39, 0.29) is 11.8 Å². The highest BCUT2D eigenvalue weighted by molar-refractivity contribution is 9.13. The van der Waals surface area contributed by atoms with Crippen molar-refractivity contribution in [1.29, 1.82) is 0 Å². The summed E-state index contributed by atoms with van der Waals surface area (Å²) in [5.74, 6) is 1.07. The fourth-order valence-electron chi connectivity index (χ4n) is 2.58. The van der Waals surface area contributed by atoms with E-state index in [4.69, 9.17) is 10.5 Å². The fourth-order valence-corrected chi connectivity index (χ4v) is 3.57. The first-order valence-corrected chi connectivity index (χ1v) is 7.65. The van der Waals surface area contributed by atoms with Gasteiger partial charge in [0.05, 0.1) is 11.6 Å². The van der Waals surface area contributed by atoms with Crippen molar-refractivity contribution >= 4 is 31.9 Å². The van der Waals surface area contributed by atoms with Crippen LogP contribution in [-0.4, -0.2) is 12.2 Å². The molecule has 1 fully saturated rings. The Balaban J connectivity index is 2.40. The molecule has 1 aromatic rings. The highest BCUT2D eigenvalue weighted by atomic mass is 79.9. The first-order valence-electron chi connectivity index (χ1n) is 6.06. The van der Waals surface area contributed by atoms with Crippen molar-refractivity contribution in [3.05, 3.63) is 20.6 Å². The summed E-state index contributed by atoms with van der Waals surface area (Å²) in [7, 11) is 1.54. The summed E-state index contributed by atoms with van der Waals surface area (Å²) >= 11 is 6.87. The van der Waals surface area contributed by atoms with E-state index < -0.39 is 0 Å². The van der Waals surface area contributed by atoms with E-state index in [1.165, 1.54) is 25.7 Å². The maximum absolute atomic E-state index is 9.91. The van der Waals surface area contributed by atoms with Gasteiger partial charge < -0.3 is 15.6 Å². The van der Waals surface area contributed by atoms with Crippen LogP contribution in [-0.2, 0) is 0 Å². The molecule has 3 N–H and O–H groups in total. The van der Waals surface area contributed by atoms with Gasteiger partial charge in [-0.2, -0.15) is 0 Å². The van der Waals surface area contributed by atoms with Crippen molar-refractivity contribution < 1.29 is 9.84 Å².